The average Bonchev–Trinajstić information content (AvgIpc) is 3.31. The second kappa shape index (κ2) is 11.4. The van der Waals surface area contributed by atoms with E-state index in [1.54, 1.807) is 6.20 Å². The molecule has 2 fully saturated rings. The number of rotatable bonds is 7. The van der Waals surface area contributed by atoms with Gasteiger partial charge in [0.25, 0.3) is 0 Å². The number of pyridine rings is 1. The zero-order valence-corrected chi connectivity index (χ0v) is 23.2. The van der Waals surface area contributed by atoms with E-state index in [-0.39, 0.29) is 12.4 Å². The first-order valence-corrected chi connectivity index (χ1v) is 14.6. The van der Waals surface area contributed by atoms with Crippen molar-refractivity contribution in [2.75, 3.05) is 18.0 Å². The lowest BCUT2D eigenvalue weighted by Gasteiger charge is -2.29. The summed E-state index contributed by atoms with van der Waals surface area (Å²) >= 11 is 0. The molecule has 2 aromatic heterocycles. The van der Waals surface area contributed by atoms with Gasteiger partial charge in [-0.15, -0.1) is 0 Å². The Kier molecular flexibility index (Phi) is 7.53. The maximum absolute atomic E-state index is 14.3. The Hall–Kier alpha value is -3.41. The van der Waals surface area contributed by atoms with Crippen LogP contribution in [-0.4, -0.2) is 27.6 Å². The zero-order chi connectivity index (χ0) is 26.8. The molecule has 0 unspecified atom stereocenters. The standard InChI is InChI=1S/C33H39FN4O/c1-23-18-29(34)31(35-20-23)22-39-27-14-15-30-32(19-27)38(33(36-30)28-9-5-4-8-24(28)2)21-25-10-12-26(13-11-25)37-16-6-3-7-17-37/h10-15,18-20,24,28H,3-9,16-17,21-22H2,1-2H3/t24-,28+/m0/s1. The second-order valence-corrected chi connectivity index (χ2v) is 11.5. The van der Waals surface area contributed by atoms with Crippen LogP contribution in [0.2, 0.25) is 0 Å². The SMILES string of the molecule is Cc1cnc(COc2ccc3nc([C@@H]4CCCC[C@@H]4C)n(Cc4ccc(N5CCCCC5)cc4)c3c2)c(F)c1. The van der Waals surface area contributed by atoms with E-state index in [0.717, 1.165) is 36.2 Å². The fourth-order valence-electron chi connectivity index (χ4n) is 6.33. The van der Waals surface area contributed by atoms with Gasteiger partial charge in [-0.2, -0.15) is 0 Å². The van der Waals surface area contributed by atoms with Crippen LogP contribution >= 0.6 is 0 Å². The van der Waals surface area contributed by atoms with Crippen LogP contribution in [0.1, 0.15) is 80.4 Å². The van der Waals surface area contributed by atoms with Crippen LogP contribution in [0.15, 0.2) is 54.7 Å². The molecule has 39 heavy (non-hydrogen) atoms. The van der Waals surface area contributed by atoms with E-state index >= 15 is 0 Å². The highest BCUT2D eigenvalue weighted by molar-refractivity contribution is 5.78. The first kappa shape index (κ1) is 25.8. The number of imidazole rings is 1. The van der Waals surface area contributed by atoms with E-state index in [1.165, 1.54) is 68.1 Å². The predicted octanol–water partition coefficient (Wildman–Crippen LogP) is 7.79. The largest absolute Gasteiger partial charge is 0.487 e. The van der Waals surface area contributed by atoms with E-state index in [1.807, 2.05) is 19.1 Å². The lowest BCUT2D eigenvalue weighted by Crippen LogP contribution is -2.29. The number of hydrogen-bond acceptors (Lipinski definition) is 4. The molecule has 0 bridgehead atoms. The molecule has 1 saturated heterocycles. The number of hydrogen-bond donors (Lipinski definition) is 0. The Bertz CT molecular complexity index is 1420. The maximum Gasteiger partial charge on any atom is 0.148 e. The lowest BCUT2D eigenvalue weighted by atomic mass is 9.80. The van der Waals surface area contributed by atoms with E-state index < -0.39 is 0 Å². The number of piperidine rings is 1. The third-order valence-corrected chi connectivity index (χ3v) is 8.62. The summed E-state index contributed by atoms with van der Waals surface area (Å²) in [6.07, 6.45) is 10.6. The highest BCUT2D eigenvalue weighted by atomic mass is 19.1. The van der Waals surface area contributed by atoms with Crippen LogP contribution in [0.25, 0.3) is 11.0 Å². The van der Waals surface area contributed by atoms with Crippen molar-refractivity contribution in [3.63, 3.8) is 0 Å². The number of fused-ring (bicyclic) bond motifs is 1. The fourth-order valence-corrected chi connectivity index (χ4v) is 6.33. The average molecular weight is 527 g/mol. The molecule has 0 spiro atoms. The van der Waals surface area contributed by atoms with Crippen molar-refractivity contribution in [1.82, 2.24) is 14.5 Å². The predicted molar refractivity (Wildman–Crippen MR) is 155 cm³/mol. The quantitative estimate of drug-likeness (QED) is 0.247. The Morgan fingerprint density at radius 2 is 1.74 bits per heavy atom. The number of aryl methyl sites for hydroxylation is 1. The summed E-state index contributed by atoms with van der Waals surface area (Å²) in [5, 5.41) is 0. The summed E-state index contributed by atoms with van der Waals surface area (Å²) in [5.74, 6) is 2.62. The molecule has 0 amide bonds. The first-order chi connectivity index (χ1) is 19.0. The van der Waals surface area contributed by atoms with Crippen LogP contribution in [-0.2, 0) is 13.2 Å². The highest BCUT2D eigenvalue weighted by Crippen LogP contribution is 2.39. The minimum atomic E-state index is -0.331. The molecule has 6 heteroatoms. The van der Waals surface area contributed by atoms with Crippen LogP contribution in [0, 0.1) is 18.7 Å². The first-order valence-electron chi connectivity index (χ1n) is 14.6. The molecule has 6 rings (SSSR count). The third-order valence-electron chi connectivity index (χ3n) is 8.62. The molecule has 4 aromatic rings. The lowest BCUT2D eigenvalue weighted by molar-refractivity contribution is 0.294. The van der Waals surface area contributed by atoms with Crippen LogP contribution in [0.3, 0.4) is 0 Å². The second-order valence-electron chi connectivity index (χ2n) is 11.5. The number of anilines is 1. The number of nitrogens with zero attached hydrogens (tertiary/aromatic N) is 4. The maximum atomic E-state index is 14.3. The topological polar surface area (TPSA) is 43.2 Å². The van der Waals surface area contributed by atoms with Gasteiger partial charge in [-0.05, 0) is 80.0 Å². The van der Waals surface area contributed by atoms with Crippen molar-refractivity contribution in [2.45, 2.75) is 77.9 Å². The Balaban J connectivity index is 1.30. The molecule has 3 heterocycles. The smallest absolute Gasteiger partial charge is 0.148 e. The van der Waals surface area contributed by atoms with E-state index in [9.17, 15) is 4.39 Å². The molecule has 1 aliphatic heterocycles. The van der Waals surface area contributed by atoms with Gasteiger partial charge >= 0.3 is 0 Å². The molecule has 5 nitrogen and oxygen atoms in total. The molecule has 2 atom stereocenters. The van der Waals surface area contributed by atoms with E-state index in [0.29, 0.717) is 23.3 Å². The third kappa shape index (κ3) is 5.66. The summed E-state index contributed by atoms with van der Waals surface area (Å²) < 4.78 is 22.8. The summed E-state index contributed by atoms with van der Waals surface area (Å²) in [4.78, 5) is 11.9. The van der Waals surface area contributed by atoms with Crippen molar-refractivity contribution >= 4 is 16.7 Å². The van der Waals surface area contributed by atoms with Crippen LogP contribution in [0.5, 0.6) is 5.75 Å². The Morgan fingerprint density at radius 3 is 2.51 bits per heavy atom. The van der Waals surface area contributed by atoms with Gasteiger partial charge in [0, 0.05) is 43.5 Å². The molecule has 0 radical (unpaired) electrons. The normalized spacial score (nSPS) is 19.9. The highest BCUT2D eigenvalue weighted by Gasteiger charge is 2.28. The van der Waals surface area contributed by atoms with Crippen LogP contribution < -0.4 is 9.64 Å². The van der Waals surface area contributed by atoms with E-state index in [4.69, 9.17) is 9.72 Å². The van der Waals surface area contributed by atoms with Crippen molar-refractivity contribution in [2.24, 2.45) is 5.92 Å². The van der Waals surface area contributed by atoms with Gasteiger partial charge in [-0.25, -0.2) is 9.37 Å². The monoisotopic (exact) mass is 526 g/mol. The van der Waals surface area contributed by atoms with Gasteiger partial charge in [0.05, 0.1) is 11.0 Å². The minimum absolute atomic E-state index is 0.0935. The van der Waals surface area contributed by atoms with Crippen molar-refractivity contribution in [3.8, 4) is 5.75 Å². The summed E-state index contributed by atoms with van der Waals surface area (Å²) in [6.45, 7) is 7.38. The van der Waals surface area contributed by atoms with Gasteiger partial charge in [-0.3, -0.25) is 4.98 Å². The van der Waals surface area contributed by atoms with Crippen molar-refractivity contribution in [1.29, 1.82) is 0 Å². The molecule has 2 aromatic carbocycles. The molecule has 2 aliphatic rings. The Labute approximate surface area is 231 Å². The number of benzene rings is 2. The van der Waals surface area contributed by atoms with Crippen LogP contribution in [0.4, 0.5) is 10.1 Å². The molecular formula is C33H39FN4O. The Morgan fingerprint density at radius 1 is 0.949 bits per heavy atom. The molecule has 204 valence electrons. The van der Waals surface area contributed by atoms with Gasteiger partial charge in [0.1, 0.15) is 29.7 Å². The summed E-state index contributed by atoms with van der Waals surface area (Å²) in [7, 11) is 0. The molecule has 0 N–H and O–H groups in total. The van der Waals surface area contributed by atoms with Crippen molar-refractivity contribution in [3.05, 3.63) is 83.2 Å². The molecule has 1 aliphatic carbocycles. The number of halogens is 1. The minimum Gasteiger partial charge on any atom is -0.487 e. The fraction of sp³-hybridized carbons (Fsp3) is 0.455. The molecule has 1 saturated carbocycles. The van der Waals surface area contributed by atoms with E-state index in [2.05, 4.69) is 51.7 Å². The number of ether oxygens (including phenoxy) is 1. The van der Waals surface area contributed by atoms with Gasteiger partial charge in [0.2, 0.25) is 0 Å². The number of aromatic nitrogens is 3. The van der Waals surface area contributed by atoms with Gasteiger partial charge in [0.15, 0.2) is 0 Å². The van der Waals surface area contributed by atoms with Gasteiger partial charge < -0.3 is 14.2 Å². The zero-order valence-electron chi connectivity index (χ0n) is 23.2. The summed E-state index contributed by atoms with van der Waals surface area (Å²) in [5.41, 5.74) is 5.77. The molecular weight excluding hydrogens is 487 g/mol. The van der Waals surface area contributed by atoms with Crippen molar-refractivity contribution < 1.29 is 9.13 Å². The van der Waals surface area contributed by atoms with Gasteiger partial charge in [-0.1, -0.05) is 38.3 Å². The summed E-state index contributed by atoms with van der Waals surface area (Å²) in [6, 6.07) is 16.6.